The van der Waals surface area contributed by atoms with E-state index in [-0.39, 0.29) is 0 Å². The van der Waals surface area contributed by atoms with Gasteiger partial charge in [0, 0.05) is 6.20 Å². The number of hydrogen-bond donors (Lipinski definition) is 1. The monoisotopic (exact) mass is 101 g/mol. The van der Waals surface area contributed by atoms with Crippen molar-refractivity contribution in [2.45, 2.75) is 0 Å². The molecule has 0 bridgehead atoms. The summed E-state index contributed by atoms with van der Waals surface area (Å²) >= 11 is 0. The molecule has 7 heavy (non-hydrogen) atoms. The van der Waals surface area contributed by atoms with Crippen LogP contribution in [0.1, 0.15) is 0 Å². The van der Waals surface area contributed by atoms with Crippen LogP contribution in [0.15, 0.2) is 18.5 Å². The first-order valence-corrected chi connectivity index (χ1v) is 1.82. The number of aromatic nitrogens is 1. The van der Waals surface area contributed by atoms with Crippen LogP contribution in [0.4, 0.5) is 4.39 Å². The SMILES string of the molecule is On1ccc(F)c1. The minimum Gasteiger partial charge on any atom is -0.429 e. The molecule has 0 fully saturated rings. The lowest BCUT2D eigenvalue weighted by Gasteiger charge is -1.79. The molecule has 1 aromatic heterocycles. The predicted molar refractivity (Wildman–Crippen MR) is 21.6 cm³/mol. The molecule has 0 saturated carbocycles. The van der Waals surface area contributed by atoms with Crippen LogP contribution in [0.2, 0.25) is 0 Å². The molecule has 38 valence electrons. The fraction of sp³-hybridized carbons (Fsp3) is 0. The lowest BCUT2D eigenvalue weighted by atomic mass is 10.6. The molecule has 0 spiro atoms. The Balaban J connectivity index is 3.04. The molecule has 0 aliphatic rings. The van der Waals surface area contributed by atoms with E-state index in [4.69, 9.17) is 5.21 Å². The molecular weight excluding hydrogens is 97.0 g/mol. The van der Waals surface area contributed by atoms with Crippen LogP contribution in [0.5, 0.6) is 0 Å². The minimum absolute atomic E-state index is 0.428. The smallest absolute Gasteiger partial charge is 0.144 e. The van der Waals surface area contributed by atoms with E-state index in [1.807, 2.05) is 0 Å². The maximum atomic E-state index is 11.7. The zero-order valence-corrected chi connectivity index (χ0v) is 3.50. The van der Waals surface area contributed by atoms with E-state index in [1.54, 1.807) is 0 Å². The minimum atomic E-state index is -0.428. The van der Waals surface area contributed by atoms with Gasteiger partial charge in [-0.05, 0) is 6.07 Å². The van der Waals surface area contributed by atoms with Crippen molar-refractivity contribution >= 4 is 0 Å². The zero-order valence-electron chi connectivity index (χ0n) is 3.50. The normalized spacial score (nSPS) is 9.29. The highest BCUT2D eigenvalue weighted by Gasteiger charge is 1.86. The van der Waals surface area contributed by atoms with Crippen molar-refractivity contribution in [2.24, 2.45) is 0 Å². The molecule has 1 heterocycles. The Hall–Kier alpha value is -0.990. The molecule has 0 aliphatic carbocycles. The standard InChI is InChI=1S/C4H4FNO/c5-4-1-2-6(7)3-4/h1-3,7H. The van der Waals surface area contributed by atoms with Gasteiger partial charge < -0.3 is 5.21 Å². The van der Waals surface area contributed by atoms with Crippen LogP contribution in [-0.2, 0) is 0 Å². The second kappa shape index (κ2) is 1.26. The molecule has 1 rings (SSSR count). The third-order valence-corrected chi connectivity index (χ3v) is 0.642. The molecule has 2 nitrogen and oxygen atoms in total. The third kappa shape index (κ3) is 0.707. The highest BCUT2D eigenvalue weighted by molar-refractivity contribution is 4.91. The fourth-order valence-electron chi connectivity index (χ4n) is 0.360. The van der Waals surface area contributed by atoms with Gasteiger partial charge in [0.2, 0.25) is 0 Å². The van der Waals surface area contributed by atoms with Gasteiger partial charge in [-0.3, -0.25) is 0 Å². The highest BCUT2D eigenvalue weighted by Crippen LogP contribution is 1.92. The van der Waals surface area contributed by atoms with Gasteiger partial charge in [-0.25, -0.2) is 4.39 Å². The van der Waals surface area contributed by atoms with Crippen molar-refractivity contribution in [1.82, 2.24) is 4.73 Å². The van der Waals surface area contributed by atoms with Gasteiger partial charge >= 0.3 is 0 Å². The summed E-state index contributed by atoms with van der Waals surface area (Å²) < 4.78 is 12.4. The first kappa shape index (κ1) is 4.18. The molecule has 0 aliphatic heterocycles. The first-order chi connectivity index (χ1) is 3.29. The predicted octanol–water partition coefficient (Wildman–Crippen LogP) is 0.865. The van der Waals surface area contributed by atoms with Crippen molar-refractivity contribution in [3.63, 3.8) is 0 Å². The highest BCUT2D eigenvalue weighted by atomic mass is 19.1. The van der Waals surface area contributed by atoms with Gasteiger partial charge in [0.1, 0.15) is 5.82 Å². The fourth-order valence-corrected chi connectivity index (χ4v) is 0.360. The van der Waals surface area contributed by atoms with Crippen LogP contribution >= 0.6 is 0 Å². The summed E-state index contributed by atoms with van der Waals surface area (Å²) in [5.74, 6) is -0.428. The van der Waals surface area contributed by atoms with Gasteiger partial charge in [-0.2, -0.15) is 4.73 Å². The average molecular weight is 101 g/mol. The molecule has 1 aromatic rings. The molecule has 0 amide bonds. The quantitative estimate of drug-likeness (QED) is 0.482. The summed E-state index contributed by atoms with van der Waals surface area (Å²) in [7, 11) is 0. The van der Waals surface area contributed by atoms with Crippen molar-refractivity contribution in [3.05, 3.63) is 24.3 Å². The van der Waals surface area contributed by atoms with Crippen LogP contribution in [0.3, 0.4) is 0 Å². The Bertz CT molecular complexity index is 144. The molecular formula is C4H4FNO. The first-order valence-electron chi connectivity index (χ1n) is 1.82. The number of nitrogens with zero attached hydrogens (tertiary/aromatic N) is 1. The molecule has 0 unspecified atom stereocenters. The molecule has 1 N–H and O–H groups in total. The Morgan fingerprint density at radius 2 is 2.43 bits per heavy atom. The molecule has 0 saturated heterocycles. The van der Waals surface area contributed by atoms with Gasteiger partial charge in [0.05, 0.1) is 6.20 Å². The molecule has 0 atom stereocenters. The lowest BCUT2D eigenvalue weighted by Crippen LogP contribution is -1.79. The maximum Gasteiger partial charge on any atom is 0.144 e. The van der Waals surface area contributed by atoms with E-state index in [0.717, 1.165) is 6.20 Å². The number of halogens is 1. The molecule has 3 heteroatoms. The van der Waals surface area contributed by atoms with E-state index in [1.165, 1.54) is 12.3 Å². The van der Waals surface area contributed by atoms with Crippen molar-refractivity contribution in [2.75, 3.05) is 0 Å². The van der Waals surface area contributed by atoms with Gasteiger partial charge in [0.25, 0.3) is 0 Å². The second-order valence-corrected chi connectivity index (χ2v) is 1.21. The third-order valence-electron chi connectivity index (χ3n) is 0.642. The second-order valence-electron chi connectivity index (χ2n) is 1.21. The summed E-state index contributed by atoms with van der Waals surface area (Å²) in [5.41, 5.74) is 0. The maximum absolute atomic E-state index is 11.7. The summed E-state index contributed by atoms with van der Waals surface area (Å²) in [4.78, 5) is 0. The van der Waals surface area contributed by atoms with E-state index >= 15 is 0 Å². The average Bonchev–Trinajstić information content (AvgIpc) is 1.87. The summed E-state index contributed by atoms with van der Waals surface area (Å²) in [6, 6.07) is 1.17. The Kier molecular flexibility index (Phi) is 0.749. The number of hydrogen-bond acceptors (Lipinski definition) is 1. The Morgan fingerprint density at radius 1 is 1.71 bits per heavy atom. The lowest BCUT2D eigenvalue weighted by molar-refractivity contribution is 0.186. The van der Waals surface area contributed by atoms with Crippen molar-refractivity contribution in [1.29, 1.82) is 0 Å². The van der Waals surface area contributed by atoms with E-state index in [9.17, 15) is 4.39 Å². The Labute approximate surface area is 39.8 Å². The van der Waals surface area contributed by atoms with Crippen molar-refractivity contribution < 1.29 is 9.60 Å². The largest absolute Gasteiger partial charge is 0.429 e. The van der Waals surface area contributed by atoms with Crippen LogP contribution in [0.25, 0.3) is 0 Å². The van der Waals surface area contributed by atoms with E-state index in [0.29, 0.717) is 4.73 Å². The molecule has 0 aromatic carbocycles. The van der Waals surface area contributed by atoms with Gasteiger partial charge in [-0.1, -0.05) is 0 Å². The molecule has 0 radical (unpaired) electrons. The van der Waals surface area contributed by atoms with Crippen LogP contribution < -0.4 is 0 Å². The van der Waals surface area contributed by atoms with E-state index < -0.39 is 5.82 Å². The van der Waals surface area contributed by atoms with Crippen LogP contribution in [0, 0.1) is 5.82 Å². The summed E-state index contributed by atoms with van der Waals surface area (Å²) in [6.07, 6.45) is 2.19. The summed E-state index contributed by atoms with van der Waals surface area (Å²) in [5, 5.41) is 8.33. The van der Waals surface area contributed by atoms with Gasteiger partial charge in [-0.15, -0.1) is 0 Å². The summed E-state index contributed by atoms with van der Waals surface area (Å²) in [6.45, 7) is 0. The van der Waals surface area contributed by atoms with E-state index in [2.05, 4.69) is 0 Å². The van der Waals surface area contributed by atoms with Gasteiger partial charge in [0.15, 0.2) is 0 Å². The van der Waals surface area contributed by atoms with Crippen molar-refractivity contribution in [3.8, 4) is 0 Å². The van der Waals surface area contributed by atoms with Crippen LogP contribution in [-0.4, -0.2) is 9.94 Å². The zero-order chi connectivity index (χ0) is 5.28. The Morgan fingerprint density at radius 3 is 2.57 bits per heavy atom. The number of rotatable bonds is 0. The topological polar surface area (TPSA) is 25.2 Å².